The van der Waals surface area contributed by atoms with Gasteiger partial charge in [0.05, 0.1) is 0 Å². The zero-order valence-corrected chi connectivity index (χ0v) is 10.5. The van der Waals surface area contributed by atoms with Gasteiger partial charge < -0.3 is 11.1 Å². The zero-order valence-electron chi connectivity index (χ0n) is 10.5. The van der Waals surface area contributed by atoms with Gasteiger partial charge in [0.1, 0.15) is 0 Å². The first-order chi connectivity index (χ1) is 8.72. The number of rotatable bonds is 4. The van der Waals surface area contributed by atoms with Crippen LogP contribution in [0.25, 0.3) is 10.8 Å². The molecule has 0 saturated heterocycles. The van der Waals surface area contributed by atoms with Crippen molar-refractivity contribution in [3.8, 4) is 0 Å². The summed E-state index contributed by atoms with van der Waals surface area (Å²) in [5.41, 5.74) is 6.26. The molecule has 3 N–H and O–H groups in total. The van der Waals surface area contributed by atoms with E-state index in [1.54, 1.807) is 0 Å². The molecule has 2 aromatic rings. The molecule has 0 fully saturated rings. The van der Waals surface area contributed by atoms with Gasteiger partial charge in [0, 0.05) is 12.1 Å². The number of nitrogens with two attached hydrogens (primary N) is 1. The standard InChI is InChI=1S/C15H18N2O/c1-11(9-16)10-17-15(18)14-8-4-6-12-5-2-3-7-13(12)14/h2-8,11H,9-10,16H2,1H3,(H,17,18). The van der Waals surface area contributed by atoms with Crippen molar-refractivity contribution in [1.29, 1.82) is 0 Å². The first-order valence-electron chi connectivity index (χ1n) is 6.18. The fourth-order valence-electron chi connectivity index (χ4n) is 1.87. The van der Waals surface area contributed by atoms with Crippen LogP contribution in [0.5, 0.6) is 0 Å². The number of nitrogens with one attached hydrogen (secondary N) is 1. The minimum Gasteiger partial charge on any atom is -0.352 e. The summed E-state index contributed by atoms with van der Waals surface area (Å²) in [5, 5.41) is 4.99. The van der Waals surface area contributed by atoms with E-state index in [1.807, 2.05) is 49.4 Å². The highest BCUT2D eigenvalue weighted by molar-refractivity contribution is 6.06. The maximum atomic E-state index is 12.1. The summed E-state index contributed by atoms with van der Waals surface area (Å²) < 4.78 is 0. The fraction of sp³-hybridized carbons (Fsp3) is 0.267. The molecule has 0 aliphatic carbocycles. The summed E-state index contributed by atoms with van der Waals surface area (Å²) in [6.07, 6.45) is 0. The van der Waals surface area contributed by atoms with Crippen molar-refractivity contribution in [3.05, 3.63) is 48.0 Å². The average Bonchev–Trinajstić information content (AvgIpc) is 2.43. The summed E-state index contributed by atoms with van der Waals surface area (Å²) >= 11 is 0. The number of hydrogen-bond donors (Lipinski definition) is 2. The minimum atomic E-state index is -0.0351. The van der Waals surface area contributed by atoms with Crippen molar-refractivity contribution in [1.82, 2.24) is 5.32 Å². The molecule has 2 rings (SSSR count). The fourth-order valence-corrected chi connectivity index (χ4v) is 1.87. The number of hydrogen-bond acceptors (Lipinski definition) is 2. The Labute approximate surface area is 107 Å². The monoisotopic (exact) mass is 242 g/mol. The van der Waals surface area contributed by atoms with Crippen molar-refractivity contribution in [2.24, 2.45) is 11.7 Å². The largest absolute Gasteiger partial charge is 0.352 e. The second-order valence-electron chi connectivity index (χ2n) is 4.58. The van der Waals surface area contributed by atoms with E-state index < -0.39 is 0 Å². The summed E-state index contributed by atoms with van der Waals surface area (Å²) in [7, 11) is 0. The van der Waals surface area contributed by atoms with Crippen LogP contribution >= 0.6 is 0 Å². The van der Waals surface area contributed by atoms with Crippen LogP contribution in [-0.4, -0.2) is 19.0 Å². The van der Waals surface area contributed by atoms with Crippen LogP contribution in [0, 0.1) is 5.92 Å². The Hall–Kier alpha value is -1.87. The molecule has 3 heteroatoms. The molecular formula is C15H18N2O. The first kappa shape index (κ1) is 12.6. The van der Waals surface area contributed by atoms with Gasteiger partial charge in [-0.25, -0.2) is 0 Å². The van der Waals surface area contributed by atoms with Gasteiger partial charge in [-0.1, -0.05) is 43.3 Å². The molecule has 1 amide bonds. The van der Waals surface area contributed by atoms with Gasteiger partial charge in [-0.3, -0.25) is 4.79 Å². The Morgan fingerprint density at radius 2 is 1.94 bits per heavy atom. The van der Waals surface area contributed by atoms with E-state index in [2.05, 4.69) is 5.32 Å². The van der Waals surface area contributed by atoms with E-state index in [9.17, 15) is 4.79 Å². The van der Waals surface area contributed by atoms with E-state index in [-0.39, 0.29) is 5.91 Å². The smallest absolute Gasteiger partial charge is 0.251 e. The molecule has 1 atom stereocenters. The molecule has 0 heterocycles. The van der Waals surface area contributed by atoms with Gasteiger partial charge in [0.25, 0.3) is 5.91 Å². The number of benzene rings is 2. The summed E-state index contributed by atoms with van der Waals surface area (Å²) in [5.74, 6) is 0.260. The number of carbonyl (C=O) groups excluding carboxylic acids is 1. The van der Waals surface area contributed by atoms with Crippen LogP contribution in [-0.2, 0) is 0 Å². The average molecular weight is 242 g/mol. The minimum absolute atomic E-state index is 0.0351. The molecule has 2 aromatic carbocycles. The van der Waals surface area contributed by atoms with E-state index in [0.717, 1.165) is 16.3 Å². The molecule has 0 radical (unpaired) electrons. The predicted molar refractivity (Wildman–Crippen MR) is 74.5 cm³/mol. The van der Waals surface area contributed by atoms with Crippen LogP contribution in [0.4, 0.5) is 0 Å². The van der Waals surface area contributed by atoms with Crippen LogP contribution in [0.3, 0.4) is 0 Å². The van der Waals surface area contributed by atoms with Gasteiger partial charge in [0.15, 0.2) is 0 Å². The van der Waals surface area contributed by atoms with Gasteiger partial charge in [-0.05, 0) is 29.3 Å². The molecular weight excluding hydrogens is 224 g/mol. The SMILES string of the molecule is CC(CN)CNC(=O)c1cccc2ccccc12. The lowest BCUT2D eigenvalue weighted by molar-refractivity contribution is 0.0950. The maximum Gasteiger partial charge on any atom is 0.251 e. The van der Waals surface area contributed by atoms with Crippen LogP contribution in [0.15, 0.2) is 42.5 Å². The third kappa shape index (κ3) is 2.68. The van der Waals surface area contributed by atoms with Crippen molar-refractivity contribution >= 4 is 16.7 Å². The molecule has 94 valence electrons. The second kappa shape index (κ2) is 5.65. The zero-order chi connectivity index (χ0) is 13.0. The van der Waals surface area contributed by atoms with Crippen molar-refractivity contribution in [2.75, 3.05) is 13.1 Å². The Morgan fingerprint density at radius 3 is 2.72 bits per heavy atom. The first-order valence-corrected chi connectivity index (χ1v) is 6.18. The Morgan fingerprint density at radius 1 is 1.22 bits per heavy atom. The van der Waals surface area contributed by atoms with E-state index in [0.29, 0.717) is 19.0 Å². The van der Waals surface area contributed by atoms with E-state index in [1.165, 1.54) is 0 Å². The molecule has 3 nitrogen and oxygen atoms in total. The number of carbonyl (C=O) groups is 1. The molecule has 0 spiro atoms. The lowest BCUT2D eigenvalue weighted by atomic mass is 10.0. The predicted octanol–water partition coefficient (Wildman–Crippen LogP) is 2.16. The third-order valence-electron chi connectivity index (χ3n) is 3.05. The Kier molecular flexibility index (Phi) is 3.95. The molecule has 0 saturated carbocycles. The van der Waals surface area contributed by atoms with Crippen LogP contribution in [0.2, 0.25) is 0 Å². The van der Waals surface area contributed by atoms with E-state index in [4.69, 9.17) is 5.73 Å². The molecule has 0 bridgehead atoms. The molecule has 0 aliphatic heterocycles. The van der Waals surface area contributed by atoms with Crippen molar-refractivity contribution < 1.29 is 4.79 Å². The highest BCUT2D eigenvalue weighted by Crippen LogP contribution is 2.18. The molecule has 0 aromatic heterocycles. The van der Waals surface area contributed by atoms with Crippen molar-refractivity contribution in [2.45, 2.75) is 6.92 Å². The number of amides is 1. The Bertz CT molecular complexity index is 546. The van der Waals surface area contributed by atoms with Gasteiger partial charge in [0.2, 0.25) is 0 Å². The van der Waals surface area contributed by atoms with Gasteiger partial charge >= 0.3 is 0 Å². The van der Waals surface area contributed by atoms with E-state index >= 15 is 0 Å². The van der Waals surface area contributed by atoms with Gasteiger partial charge in [-0.2, -0.15) is 0 Å². The summed E-state index contributed by atoms with van der Waals surface area (Å²) in [4.78, 5) is 12.1. The number of fused-ring (bicyclic) bond motifs is 1. The van der Waals surface area contributed by atoms with Crippen LogP contribution in [0.1, 0.15) is 17.3 Å². The maximum absolute atomic E-state index is 12.1. The highest BCUT2D eigenvalue weighted by atomic mass is 16.1. The normalized spacial score (nSPS) is 12.3. The lowest BCUT2D eigenvalue weighted by Gasteiger charge is -2.11. The second-order valence-corrected chi connectivity index (χ2v) is 4.58. The molecule has 1 unspecified atom stereocenters. The topological polar surface area (TPSA) is 55.1 Å². The Balaban J connectivity index is 2.22. The van der Waals surface area contributed by atoms with Crippen LogP contribution < -0.4 is 11.1 Å². The summed E-state index contributed by atoms with van der Waals surface area (Å²) in [6.45, 7) is 3.21. The quantitative estimate of drug-likeness (QED) is 0.863. The highest BCUT2D eigenvalue weighted by Gasteiger charge is 2.10. The summed E-state index contributed by atoms with van der Waals surface area (Å²) in [6, 6.07) is 13.7. The van der Waals surface area contributed by atoms with Gasteiger partial charge in [-0.15, -0.1) is 0 Å². The molecule has 0 aliphatic rings. The third-order valence-corrected chi connectivity index (χ3v) is 3.05. The van der Waals surface area contributed by atoms with Crippen molar-refractivity contribution in [3.63, 3.8) is 0 Å². The lowest BCUT2D eigenvalue weighted by Crippen LogP contribution is -2.31. The molecule has 18 heavy (non-hydrogen) atoms.